The Hall–Kier alpha value is -0.870. The first-order chi connectivity index (χ1) is 8.16. The molecule has 0 saturated carbocycles. The van der Waals surface area contributed by atoms with Crippen molar-refractivity contribution in [1.29, 1.82) is 0 Å². The fourth-order valence-electron chi connectivity index (χ4n) is 1.53. The summed E-state index contributed by atoms with van der Waals surface area (Å²) < 4.78 is 23.3. The number of sulfone groups is 1. The van der Waals surface area contributed by atoms with Crippen molar-refractivity contribution >= 4 is 9.84 Å². The Balaban J connectivity index is 2.85. The van der Waals surface area contributed by atoms with Gasteiger partial charge in [-0.05, 0) is 29.5 Å². The lowest BCUT2D eigenvalue weighted by atomic mass is 9.85. The summed E-state index contributed by atoms with van der Waals surface area (Å²) in [6, 6.07) is 6.78. The van der Waals surface area contributed by atoms with Crippen LogP contribution in [-0.4, -0.2) is 25.4 Å². The van der Waals surface area contributed by atoms with Crippen LogP contribution >= 0.6 is 0 Å². The molecule has 1 aromatic rings. The Morgan fingerprint density at radius 2 is 1.67 bits per heavy atom. The second kappa shape index (κ2) is 5.41. The van der Waals surface area contributed by atoms with Crippen LogP contribution in [0, 0.1) is 5.41 Å². The van der Waals surface area contributed by atoms with Crippen LogP contribution in [0.3, 0.4) is 0 Å². The standard InChI is InChI=1S/C14H22O3S/c1-5-18(16,17)12-8-6-11(7-9-12)10-13(15)14(2,3)4/h6-9,13,15H,5,10H2,1-4H3. The third kappa shape index (κ3) is 3.82. The van der Waals surface area contributed by atoms with Crippen molar-refractivity contribution in [3.05, 3.63) is 29.8 Å². The molecule has 0 radical (unpaired) electrons. The van der Waals surface area contributed by atoms with E-state index in [4.69, 9.17) is 0 Å². The first-order valence-electron chi connectivity index (χ1n) is 6.16. The van der Waals surface area contributed by atoms with E-state index >= 15 is 0 Å². The molecule has 18 heavy (non-hydrogen) atoms. The average molecular weight is 270 g/mol. The van der Waals surface area contributed by atoms with Gasteiger partial charge in [-0.1, -0.05) is 39.8 Å². The Morgan fingerprint density at radius 1 is 1.17 bits per heavy atom. The molecule has 0 spiro atoms. The largest absolute Gasteiger partial charge is 0.392 e. The highest BCUT2D eigenvalue weighted by atomic mass is 32.2. The first kappa shape index (κ1) is 15.2. The molecule has 0 aliphatic rings. The van der Waals surface area contributed by atoms with Crippen LogP contribution < -0.4 is 0 Å². The highest BCUT2D eigenvalue weighted by Gasteiger charge is 2.22. The number of hydrogen-bond acceptors (Lipinski definition) is 3. The molecule has 0 heterocycles. The fourth-order valence-corrected chi connectivity index (χ4v) is 2.41. The molecule has 3 nitrogen and oxygen atoms in total. The predicted octanol–water partition coefficient (Wildman–Crippen LogP) is 2.43. The van der Waals surface area contributed by atoms with Gasteiger partial charge in [0.2, 0.25) is 0 Å². The van der Waals surface area contributed by atoms with Gasteiger partial charge in [0.05, 0.1) is 16.8 Å². The van der Waals surface area contributed by atoms with Crippen molar-refractivity contribution < 1.29 is 13.5 Å². The van der Waals surface area contributed by atoms with Gasteiger partial charge < -0.3 is 5.11 Å². The molecule has 1 N–H and O–H groups in total. The summed E-state index contributed by atoms with van der Waals surface area (Å²) in [6.07, 6.45) is 0.0989. The van der Waals surface area contributed by atoms with E-state index in [0.717, 1.165) is 5.56 Å². The van der Waals surface area contributed by atoms with Crippen LogP contribution in [0.1, 0.15) is 33.3 Å². The Labute approximate surface area is 110 Å². The minimum Gasteiger partial charge on any atom is -0.392 e. The molecule has 0 aliphatic carbocycles. The Morgan fingerprint density at radius 3 is 2.06 bits per heavy atom. The molecule has 0 amide bonds. The SMILES string of the molecule is CCS(=O)(=O)c1ccc(CC(O)C(C)(C)C)cc1. The Bertz CT molecular complexity index is 481. The molecule has 1 aromatic carbocycles. The van der Waals surface area contributed by atoms with Crippen LogP contribution in [0.25, 0.3) is 0 Å². The minimum atomic E-state index is -3.13. The van der Waals surface area contributed by atoms with Gasteiger partial charge in [-0.2, -0.15) is 0 Å². The third-order valence-electron chi connectivity index (χ3n) is 3.09. The van der Waals surface area contributed by atoms with Gasteiger partial charge in [0.25, 0.3) is 0 Å². The number of aliphatic hydroxyl groups excluding tert-OH is 1. The number of rotatable bonds is 4. The van der Waals surface area contributed by atoms with Crippen LogP contribution in [-0.2, 0) is 16.3 Å². The van der Waals surface area contributed by atoms with E-state index in [9.17, 15) is 13.5 Å². The van der Waals surface area contributed by atoms with Crippen molar-refractivity contribution in [2.45, 2.75) is 45.1 Å². The lowest BCUT2D eigenvalue weighted by Gasteiger charge is -2.25. The number of hydrogen-bond donors (Lipinski definition) is 1. The van der Waals surface area contributed by atoms with E-state index in [0.29, 0.717) is 11.3 Å². The second-order valence-electron chi connectivity index (χ2n) is 5.63. The van der Waals surface area contributed by atoms with E-state index in [1.165, 1.54) is 0 Å². The lowest BCUT2D eigenvalue weighted by Crippen LogP contribution is -2.28. The van der Waals surface area contributed by atoms with Crippen LogP contribution in [0.4, 0.5) is 0 Å². The molecule has 0 aliphatic heterocycles. The minimum absolute atomic E-state index is 0.108. The monoisotopic (exact) mass is 270 g/mol. The molecule has 1 rings (SSSR count). The quantitative estimate of drug-likeness (QED) is 0.914. The van der Waals surface area contributed by atoms with Crippen LogP contribution in [0.5, 0.6) is 0 Å². The summed E-state index contributed by atoms with van der Waals surface area (Å²) in [5.74, 6) is 0.108. The zero-order chi connectivity index (χ0) is 14.0. The summed E-state index contributed by atoms with van der Waals surface area (Å²) in [5, 5.41) is 10.00. The highest BCUT2D eigenvalue weighted by Crippen LogP contribution is 2.23. The molecule has 4 heteroatoms. The topological polar surface area (TPSA) is 54.4 Å². The van der Waals surface area contributed by atoms with Gasteiger partial charge >= 0.3 is 0 Å². The van der Waals surface area contributed by atoms with Crippen LogP contribution in [0.15, 0.2) is 29.2 Å². The smallest absolute Gasteiger partial charge is 0.178 e. The molecule has 102 valence electrons. The normalized spacial score (nSPS) is 14.5. The van der Waals surface area contributed by atoms with Gasteiger partial charge in [-0.3, -0.25) is 0 Å². The van der Waals surface area contributed by atoms with Crippen LogP contribution in [0.2, 0.25) is 0 Å². The van der Waals surface area contributed by atoms with Crippen molar-refractivity contribution in [2.24, 2.45) is 5.41 Å². The highest BCUT2D eigenvalue weighted by molar-refractivity contribution is 7.91. The van der Waals surface area contributed by atoms with E-state index in [1.54, 1.807) is 31.2 Å². The van der Waals surface area contributed by atoms with Crippen molar-refractivity contribution in [3.63, 3.8) is 0 Å². The van der Waals surface area contributed by atoms with E-state index < -0.39 is 15.9 Å². The predicted molar refractivity (Wildman–Crippen MR) is 73.3 cm³/mol. The summed E-state index contributed by atoms with van der Waals surface area (Å²) in [7, 11) is -3.13. The number of aliphatic hydroxyl groups is 1. The molecular weight excluding hydrogens is 248 g/mol. The first-order valence-corrected chi connectivity index (χ1v) is 7.82. The summed E-state index contributed by atoms with van der Waals surface area (Å²) in [6.45, 7) is 7.57. The summed E-state index contributed by atoms with van der Waals surface area (Å²) in [4.78, 5) is 0.346. The van der Waals surface area contributed by atoms with E-state index in [-0.39, 0.29) is 11.2 Å². The van der Waals surface area contributed by atoms with E-state index in [1.807, 2.05) is 20.8 Å². The maximum Gasteiger partial charge on any atom is 0.178 e. The van der Waals surface area contributed by atoms with Gasteiger partial charge in [0.1, 0.15) is 0 Å². The van der Waals surface area contributed by atoms with Gasteiger partial charge in [-0.15, -0.1) is 0 Å². The van der Waals surface area contributed by atoms with Gasteiger partial charge in [0, 0.05) is 0 Å². The summed E-state index contributed by atoms with van der Waals surface area (Å²) >= 11 is 0. The zero-order valence-electron chi connectivity index (χ0n) is 11.5. The molecular formula is C14H22O3S. The maximum absolute atomic E-state index is 11.6. The third-order valence-corrected chi connectivity index (χ3v) is 4.84. The van der Waals surface area contributed by atoms with Crippen molar-refractivity contribution in [1.82, 2.24) is 0 Å². The number of benzene rings is 1. The molecule has 1 atom stereocenters. The second-order valence-corrected chi connectivity index (χ2v) is 7.91. The van der Waals surface area contributed by atoms with E-state index in [2.05, 4.69) is 0 Å². The van der Waals surface area contributed by atoms with Gasteiger partial charge in [-0.25, -0.2) is 8.42 Å². The molecule has 0 aromatic heterocycles. The van der Waals surface area contributed by atoms with Gasteiger partial charge in [0.15, 0.2) is 9.84 Å². The zero-order valence-corrected chi connectivity index (χ0v) is 12.3. The fraction of sp³-hybridized carbons (Fsp3) is 0.571. The van der Waals surface area contributed by atoms with Crippen molar-refractivity contribution in [2.75, 3.05) is 5.75 Å². The molecule has 0 saturated heterocycles. The molecule has 0 bridgehead atoms. The maximum atomic E-state index is 11.6. The van der Waals surface area contributed by atoms with Crippen molar-refractivity contribution in [3.8, 4) is 0 Å². The molecule has 1 unspecified atom stereocenters. The Kier molecular flexibility index (Phi) is 4.56. The lowest BCUT2D eigenvalue weighted by molar-refractivity contribution is 0.0636. The average Bonchev–Trinajstić information content (AvgIpc) is 2.28. The summed E-state index contributed by atoms with van der Waals surface area (Å²) in [5.41, 5.74) is 0.779. The molecule has 0 fully saturated rings.